The predicted octanol–water partition coefficient (Wildman–Crippen LogP) is 4.10. The van der Waals surface area contributed by atoms with Crippen LogP contribution < -0.4 is 10.2 Å². The molecule has 15 heteroatoms. The van der Waals surface area contributed by atoms with Gasteiger partial charge in [-0.15, -0.1) is 0 Å². The van der Waals surface area contributed by atoms with E-state index < -0.39 is 44.6 Å². The first-order valence-electron chi connectivity index (χ1n) is 12.5. The van der Waals surface area contributed by atoms with Gasteiger partial charge in [-0.1, -0.05) is 49.7 Å². The number of aromatic amines is 1. The lowest BCUT2D eigenvalue weighted by molar-refractivity contribution is -0.137. The average molecular weight is 614 g/mol. The normalized spacial score (nSPS) is 16.7. The number of carbonyl (C=O) groups excluding carboxylic acids is 1. The molecule has 1 atom stereocenters. The summed E-state index contributed by atoms with van der Waals surface area (Å²) in [5.74, 6) is -1.68. The third kappa shape index (κ3) is 6.49. The molecule has 1 fully saturated rings. The van der Waals surface area contributed by atoms with Gasteiger partial charge in [0, 0.05) is 26.2 Å². The zero-order valence-electron chi connectivity index (χ0n) is 21.9. The summed E-state index contributed by atoms with van der Waals surface area (Å²) in [6.45, 7) is 3.65. The van der Waals surface area contributed by atoms with E-state index >= 15 is 0 Å². The van der Waals surface area contributed by atoms with Gasteiger partial charge in [-0.2, -0.15) is 22.6 Å². The summed E-state index contributed by atoms with van der Waals surface area (Å²) < 4.78 is 67.2. The first-order valence-corrected chi connectivity index (χ1v) is 14.3. The van der Waals surface area contributed by atoms with E-state index in [1.165, 1.54) is 4.90 Å². The molecule has 1 aliphatic rings. The highest BCUT2D eigenvalue weighted by Gasteiger charge is 2.42. The molecule has 1 saturated heterocycles. The SMILES string of the molecule is CC(C)c1ccc(CNC(=O)C2CN(c3n[nH]c(C(=O)O)c3Cl)CCN2S(=O)(=O)c2ccc(C(F)(F)F)cc2)cc1. The van der Waals surface area contributed by atoms with Crippen LogP contribution in [0.15, 0.2) is 53.4 Å². The van der Waals surface area contributed by atoms with Crippen LogP contribution in [0.3, 0.4) is 0 Å². The Morgan fingerprint density at radius 3 is 2.29 bits per heavy atom. The quantitative estimate of drug-likeness (QED) is 0.348. The highest BCUT2D eigenvalue weighted by Crippen LogP contribution is 2.32. The van der Waals surface area contributed by atoms with Gasteiger partial charge < -0.3 is 15.3 Å². The van der Waals surface area contributed by atoms with E-state index in [0.717, 1.165) is 27.6 Å². The number of halogens is 4. The summed E-state index contributed by atoms with van der Waals surface area (Å²) in [6, 6.07) is 9.22. The maximum absolute atomic E-state index is 13.6. The number of nitrogens with one attached hydrogen (secondary N) is 2. The summed E-state index contributed by atoms with van der Waals surface area (Å²) >= 11 is 6.19. The van der Waals surface area contributed by atoms with Crippen LogP contribution in [0, 0.1) is 0 Å². The number of anilines is 1. The smallest absolute Gasteiger partial charge is 0.416 e. The fraction of sp³-hybridized carbons (Fsp3) is 0.346. The number of amides is 1. The zero-order chi connectivity index (χ0) is 30.1. The number of hydrogen-bond acceptors (Lipinski definition) is 6. The Labute approximate surface area is 239 Å². The van der Waals surface area contributed by atoms with Crippen LogP contribution in [0.25, 0.3) is 0 Å². The van der Waals surface area contributed by atoms with Crippen molar-refractivity contribution in [2.75, 3.05) is 24.5 Å². The molecule has 1 aromatic heterocycles. The van der Waals surface area contributed by atoms with Crippen LogP contribution in [-0.2, 0) is 27.5 Å². The highest BCUT2D eigenvalue weighted by atomic mass is 35.5. The van der Waals surface area contributed by atoms with Crippen LogP contribution in [-0.4, -0.2) is 65.6 Å². The van der Waals surface area contributed by atoms with E-state index in [1.54, 1.807) is 0 Å². The lowest BCUT2D eigenvalue weighted by Crippen LogP contribution is -2.60. The van der Waals surface area contributed by atoms with Crippen molar-refractivity contribution in [3.63, 3.8) is 0 Å². The standard InChI is InChI=1S/C26H27ClF3N5O5S/c1-15(2)17-5-3-16(4-6-17)13-31-24(36)20-14-34(23-21(27)22(25(37)38)32-33-23)11-12-35(20)41(39,40)19-9-7-18(8-10-19)26(28,29)30/h3-10,15,20H,11-14H2,1-2H3,(H,31,36)(H,32,33)(H,37,38). The van der Waals surface area contributed by atoms with Gasteiger partial charge in [-0.25, -0.2) is 13.2 Å². The molecule has 1 aliphatic heterocycles. The molecule has 3 aromatic rings. The molecule has 0 radical (unpaired) electrons. The zero-order valence-corrected chi connectivity index (χ0v) is 23.5. The molecule has 10 nitrogen and oxygen atoms in total. The van der Waals surface area contributed by atoms with Crippen LogP contribution in [0.1, 0.15) is 46.9 Å². The molecule has 0 spiro atoms. The van der Waals surface area contributed by atoms with Crippen LogP contribution in [0.4, 0.5) is 19.0 Å². The Kier molecular flexibility index (Phi) is 8.66. The molecule has 3 N–H and O–H groups in total. The third-order valence-corrected chi connectivity index (χ3v) is 9.02. The van der Waals surface area contributed by atoms with Crippen molar-refractivity contribution >= 4 is 39.3 Å². The second-order valence-electron chi connectivity index (χ2n) is 9.76. The van der Waals surface area contributed by atoms with E-state index in [-0.39, 0.29) is 42.7 Å². The number of piperazine rings is 1. The second-order valence-corrected chi connectivity index (χ2v) is 12.0. The molecule has 2 aromatic carbocycles. The van der Waals surface area contributed by atoms with Crippen LogP contribution >= 0.6 is 11.6 Å². The fourth-order valence-corrected chi connectivity index (χ4v) is 6.26. The molecule has 220 valence electrons. The minimum atomic E-state index is -4.65. The number of aromatic carboxylic acids is 1. The van der Waals surface area contributed by atoms with Gasteiger partial charge in [0.05, 0.1) is 10.5 Å². The van der Waals surface area contributed by atoms with E-state index in [9.17, 15) is 36.3 Å². The Morgan fingerprint density at radius 1 is 1.12 bits per heavy atom. The van der Waals surface area contributed by atoms with E-state index in [1.807, 2.05) is 38.1 Å². The van der Waals surface area contributed by atoms with Gasteiger partial charge in [0.25, 0.3) is 0 Å². The van der Waals surface area contributed by atoms with E-state index in [0.29, 0.717) is 18.1 Å². The maximum atomic E-state index is 13.6. The number of alkyl halides is 3. The van der Waals surface area contributed by atoms with E-state index in [4.69, 9.17) is 11.6 Å². The largest absolute Gasteiger partial charge is 0.476 e. The number of sulfonamides is 1. The monoisotopic (exact) mass is 613 g/mol. The molecule has 2 heterocycles. The van der Waals surface area contributed by atoms with Crippen molar-refractivity contribution in [1.82, 2.24) is 19.8 Å². The molecule has 0 bridgehead atoms. The van der Waals surface area contributed by atoms with Crippen molar-refractivity contribution in [3.05, 3.63) is 75.9 Å². The lowest BCUT2D eigenvalue weighted by atomic mass is 10.0. The lowest BCUT2D eigenvalue weighted by Gasteiger charge is -2.39. The first kappa shape index (κ1) is 30.3. The van der Waals surface area contributed by atoms with Gasteiger partial charge in [-0.05, 0) is 41.3 Å². The number of nitrogens with zero attached hydrogens (tertiary/aromatic N) is 3. The van der Waals surface area contributed by atoms with Crippen LogP contribution in [0.5, 0.6) is 0 Å². The van der Waals surface area contributed by atoms with Gasteiger partial charge in [0.1, 0.15) is 11.1 Å². The molecular formula is C26H27ClF3N5O5S. The minimum absolute atomic E-state index is 0.0239. The minimum Gasteiger partial charge on any atom is -0.476 e. The molecule has 1 amide bonds. The summed E-state index contributed by atoms with van der Waals surface area (Å²) in [6.07, 6.45) is -4.65. The van der Waals surface area contributed by atoms with Crippen LogP contribution in [0.2, 0.25) is 5.02 Å². The number of hydrogen-bond donors (Lipinski definition) is 3. The fourth-order valence-electron chi connectivity index (χ4n) is 4.41. The molecular weight excluding hydrogens is 587 g/mol. The van der Waals surface area contributed by atoms with Crippen molar-refractivity contribution in [1.29, 1.82) is 0 Å². The number of rotatable bonds is 8. The Morgan fingerprint density at radius 2 is 1.76 bits per heavy atom. The molecule has 41 heavy (non-hydrogen) atoms. The average Bonchev–Trinajstić information content (AvgIpc) is 3.32. The number of benzene rings is 2. The van der Waals surface area contributed by atoms with Gasteiger partial charge in [-0.3, -0.25) is 9.89 Å². The first-order chi connectivity index (χ1) is 19.2. The van der Waals surface area contributed by atoms with E-state index in [2.05, 4.69) is 15.5 Å². The Bertz CT molecular complexity index is 1530. The van der Waals surface area contributed by atoms with Gasteiger partial charge >= 0.3 is 12.1 Å². The topological polar surface area (TPSA) is 136 Å². The number of carbonyl (C=O) groups is 2. The van der Waals surface area contributed by atoms with Crippen molar-refractivity contribution in [3.8, 4) is 0 Å². The van der Waals surface area contributed by atoms with Crippen molar-refractivity contribution < 1.29 is 36.3 Å². The van der Waals surface area contributed by atoms with Gasteiger partial charge in [0.2, 0.25) is 15.9 Å². The number of carboxylic acid groups (broad SMARTS) is 1. The Balaban J connectivity index is 1.62. The summed E-state index contributed by atoms with van der Waals surface area (Å²) in [5, 5.41) is 18.1. The number of H-pyrrole nitrogens is 1. The molecule has 1 unspecified atom stereocenters. The summed E-state index contributed by atoms with van der Waals surface area (Å²) in [7, 11) is -4.42. The number of aromatic nitrogens is 2. The summed E-state index contributed by atoms with van der Waals surface area (Å²) in [4.78, 5) is 25.9. The second kappa shape index (κ2) is 11.7. The molecule has 0 saturated carbocycles. The van der Waals surface area contributed by atoms with Crippen molar-refractivity contribution in [2.24, 2.45) is 0 Å². The highest BCUT2D eigenvalue weighted by molar-refractivity contribution is 7.89. The summed E-state index contributed by atoms with van der Waals surface area (Å²) in [5.41, 5.74) is 0.496. The van der Waals surface area contributed by atoms with Gasteiger partial charge in [0.15, 0.2) is 11.5 Å². The molecule has 4 rings (SSSR count). The maximum Gasteiger partial charge on any atom is 0.416 e. The third-order valence-electron chi connectivity index (χ3n) is 6.74. The number of carboxylic acids is 1. The Hall–Kier alpha value is -3.62. The predicted molar refractivity (Wildman–Crippen MR) is 144 cm³/mol. The van der Waals surface area contributed by atoms with Crippen molar-refractivity contribution in [2.45, 2.75) is 43.4 Å². The molecule has 0 aliphatic carbocycles.